The molecule has 0 amide bonds. The van der Waals surface area contributed by atoms with Crippen LogP contribution in [0, 0.1) is 0 Å². The third kappa shape index (κ3) is 3.57. The molecule has 0 unspecified atom stereocenters. The summed E-state index contributed by atoms with van der Waals surface area (Å²) in [5.74, 6) is 1.37. The van der Waals surface area contributed by atoms with Gasteiger partial charge < -0.3 is 4.90 Å². The van der Waals surface area contributed by atoms with Gasteiger partial charge in [0.15, 0.2) is 0 Å². The highest BCUT2D eigenvalue weighted by Gasteiger charge is 2.20. The molecule has 0 bridgehead atoms. The number of anilines is 1. The summed E-state index contributed by atoms with van der Waals surface area (Å²) in [4.78, 5) is 13.6. The summed E-state index contributed by atoms with van der Waals surface area (Å²) in [5.41, 5.74) is 1.33. The number of piperazine rings is 1. The van der Waals surface area contributed by atoms with Crippen LogP contribution in [-0.4, -0.2) is 45.4 Å². The summed E-state index contributed by atoms with van der Waals surface area (Å²) < 4.78 is 4.45. The summed E-state index contributed by atoms with van der Waals surface area (Å²) in [6, 6.07) is 4.18. The molecule has 5 nitrogen and oxygen atoms in total. The Morgan fingerprint density at radius 3 is 2.48 bits per heavy atom. The lowest BCUT2D eigenvalue weighted by atomic mass is 10.2. The van der Waals surface area contributed by atoms with Crippen molar-refractivity contribution in [1.29, 1.82) is 0 Å². The van der Waals surface area contributed by atoms with Crippen molar-refractivity contribution < 1.29 is 0 Å². The van der Waals surface area contributed by atoms with Crippen LogP contribution in [0.5, 0.6) is 0 Å². The number of nitrogens with zero attached hydrogens (tertiary/aromatic N) is 5. The zero-order chi connectivity index (χ0) is 14.7. The van der Waals surface area contributed by atoms with Gasteiger partial charge >= 0.3 is 0 Å². The van der Waals surface area contributed by atoms with Crippen molar-refractivity contribution >= 4 is 16.7 Å². The highest BCUT2D eigenvalue weighted by atomic mass is 32.1. The van der Waals surface area contributed by atoms with Crippen LogP contribution in [0.1, 0.15) is 31.2 Å². The summed E-state index contributed by atoms with van der Waals surface area (Å²) >= 11 is 1.53. The lowest BCUT2D eigenvalue weighted by Gasteiger charge is -2.34. The first-order valence-corrected chi connectivity index (χ1v) is 8.19. The van der Waals surface area contributed by atoms with Gasteiger partial charge in [-0.25, -0.2) is 4.98 Å². The van der Waals surface area contributed by atoms with E-state index in [1.165, 1.54) is 17.1 Å². The first-order chi connectivity index (χ1) is 10.2. The molecule has 0 saturated carbocycles. The molecule has 1 aliphatic rings. The smallest absolute Gasteiger partial charge is 0.205 e. The molecular formula is C15H21N5S. The number of pyridine rings is 1. The van der Waals surface area contributed by atoms with Crippen LogP contribution in [0.4, 0.5) is 5.13 Å². The van der Waals surface area contributed by atoms with E-state index < -0.39 is 0 Å². The largest absolute Gasteiger partial charge is 0.344 e. The molecular weight excluding hydrogens is 282 g/mol. The number of aromatic nitrogens is 3. The molecule has 0 radical (unpaired) electrons. The second-order valence-corrected chi connectivity index (χ2v) is 6.44. The van der Waals surface area contributed by atoms with Gasteiger partial charge in [-0.3, -0.25) is 9.88 Å². The van der Waals surface area contributed by atoms with Gasteiger partial charge in [0.05, 0.1) is 0 Å². The molecule has 0 atom stereocenters. The van der Waals surface area contributed by atoms with Crippen molar-refractivity contribution in [3.05, 3.63) is 35.9 Å². The van der Waals surface area contributed by atoms with Crippen molar-refractivity contribution in [3.63, 3.8) is 0 Å². The van der Waals surface area contributed by atoms with E-state index in [0.717, 1.165) is 43.7 Å². The Hall–Kier alpha value is -1.53. The van der Waals surface area contributed by atoms with E-state index in [1.807, 2.05) is 12.4 Å². The zero-order valence-corrected chi connectivity index (χ0v) is 13.4. The molecule has 2 aromatic heterocycles. The SMILES string of the molecule is CC(C)c1nsc(N2CCN(Cc3ccncc3)CC2)n1. The molecule has 0 N–H and O–H groups in total. The van der Waals surface area contributed by atoms with E-state index in [2.05, 4.69) is 50.1 Å². The number of hydrogen-bond donors (Lipinski definition) is 0. The maximum atomic E-state index is 4.65. The first-order valence-electron chi connectivity index (χ1n) is 7.42. The molecule has 3 heterocycles. The third-order valence-electron chi connectivity index (χ3n) is 3.75. The second kappa shape index (κ2) is 6.49. The molecule has 112 valence electrons. The molecule has 1 fully saturated rings. The molecule has 21 heavy (non-hydrogen) atoms. The maximum absolute atomic E-state index is 4.65. The fraction of sp³-hybridized carbons (Fsp3) is 0.533. The van der Waals surface area contributed by atoms with E-state index in [-0.39, 0.29) is 0 Å². The zero-order valence-electron chi connectivity index (χ0n) is 12.6. The highest BCUT2D eigenvalue weighted by molar-refractivity contribution is 7.09. The Morgan fingerprint density at radius 2 is 1.86 bits per heavy atom. The van der Waals surface area contributed by atoms with Crippen molar-refractivity contribution in [2.45, 2.75) is 26.3 Å². The van der Waals surface area contributed by atoms with Crippen LogP contribution in [0.2, 0.25) is 0 Å². The summed E-state index contributed by atoms with van der Waals surface area (Å²) in [6.45, 7) is 9.47. The van der Waals surface area contributed by atoms with E-state index in [4.69, 9.17) is 0 Å². The molecule has 0 aromatic carbocycles. The van der Waals surface area contributed by atoms with Gasteiger partial charge in [-0.1, -0.05) is 13.8 Å². The van der Waals surface area contributed by atoms with Gasteiger partial charge in [0, 0.05) is 62.6 Å². The van der Waals surface area contributed by atoms with Gasteiger partial charge in [0.25, 0.3) is 0 Å². The van der Waals surface area contributed by atoms with Crippen molar-refractivity contribution in [2.75, 3.05) is 31.1 Å². The summed E-state index contributed by atoms with van der Waals surface area (Å²) in [5, 5.41) is 1.07. The molecule has 3 rings (SSSR count). The molecule has 6 heteroatoms. The first kappa shape index (κ1) is 14.4. The van der Waals surface area contributed by atoms with Gasteiger partial charge in [-0.2, -0.15) is 4.37 Å². The molecule has 2 aromatic rings. The average Bonchev–Trinajstić information content (AvgIpc) is 2.99. The number of rotatable bonds is 4. The van der Waals surface area contributed by atoms with Crippen LogP contribution < -0.4 is 4.90 Å². The summed E-state index contributed by atoms with van der Waals surface area (Å²) in [6.07, 6.45) is 3.72. The van der Waals surface area contributed by atoms with E-state index in [0.29, 0.717) is 5.92 Å². The molecule has 0 spiro atoms. The van der Waals surface area contributed by atoms with E-state index in [9.17, 15) is 0 Å². The van der Waals surface area contributed by atoms with Gasteiger partial charge in [0.2, 0.25) is 5.13 Å². The minimum absolute atomic E-state index is 0.406. The van der Waals surface area contributed by atoms with Gasteiger partial charge in [0.1, 0.15) is 5.82 Å². The Kier molecular flexibility index (Phi) is 4.45. The van der Waals surface area contributed by atoms with Crippen molar-refractivity contribution in [3.8, 4) is 0 Å². The Morgan fingerprint density at radius 1 is 1.14 bits per heavy atom. The normalized spacial score (nSPS) is 16.6. The fourth-order valence-corrected chi connectivity index (χ4v) is 3.29. The molecule has 0 aliphatic carbocycles. The van der Waals surface area contributed by atoms with Crippen LogP contribution in [0.15, 0.2) is 24.5 Å². The lowest BCUT2D eigenvalue weighted by molar-refractivity contribution is 0.249. The highest BCUT2D eigenvalue weighted by Crippen LogP contribution is 2.22. The standard InChI is InChI=1S/C15H21N5S/c1-12(2)14-17-15(21-18-14)20-9-7-19(8-10-20)11-13-3-5-16-6-4-13/h3-6,12H,7-11H2,1-2H3. The van der Waals surface area contributed by atoms with E-state index in [1.54, 1.807) is 0 Å². The average molecular weight is 303 g/mol. The fourth-order valence-electron chi connectivity index (χ4n) is 2.43. The van der Waals surface area contributed by atoms with Crippen LogP contribution in [0.3, 0.4) is 0 Å². The summed E-state index contributed by atoms with van der Waals surface area (Å²) in [7, 11) is 0. The van der Waals surface area contributed by atoms with Gasteiger partial charge in [-0.05, 0) is 17.7 Å². The van der Waals surface area contributed by atoms with Gasteiger partial charge in [-0.15, -0.1) is 0 Å². The third-order valence-corrected chi connectivity index (χ3v) is 4.54. The minimum atomic E-state index is 0.406. The second-order valence-electron chi connectivity index (χ2n) is 5.71. The topological polar surface area (TPSA) is 45.2 Å². The predicted octanol–water partition coefficient (Wildman–Crippen LogP) is 2.38. The predicted molar refractivity (Wildman–Crippen MR) is 85.7 cm³/mol. The van der Waals surface area contributed by atoms with E-state index >= 15 is 0 Å². The lowest BCUT2D eigenvalue weighted by Crippen LogP contribution is -2.45. The van der Waals surface area contributed by atoms with Crippen molar-refractivity contribution in [2.24, 2.45) is 0 Å². The van der Waals surface area contributed by atoms with Crippen LogP contribution in [0.25, 0.3) is 0 Å². The van der Waals surface area contributed by atoms with Crippen LogP contribution >= 0.6 is 11.5 Å². The minimum Gasteiger partial charge on any atom is -0.344 e. The Labute approximate surface area is 129 Å². The Bertz CT molecular complexity index is 560. The number of hydrogen-bond acceptors (Lipinski definition) is 6. The Balaban J connectivity index is 1.55. The van der Waals surface area contributed by atoms with Crippen LogP contribution in [-0.2, 0) is 6.54 Å². The van der Waals surface area contributed by atoms with Crippen molar-refractivity contribution in [1.82, 2.24) is 19.2 Å². The monoisotopic (exact) mass is 303 g/mol. The maximum Gasteiger partial charge on any atom is 0.205 e. The molecule has 1 aliphatic heterocycles. The quantitative estimate of drug-likeness (QED) is 0.868. The molecule has 1 saturated heterocycles.